The van der Waals surface area contributed by atoms with E-state index in [1.807, 2.05) is 47.4 Å². The first kappa shape index (κ1) is 15.6. The van der Waals surface area contributed by atoms with Gasteiger partial charge >= 0.3 is 6.03 Å². The van der Waals surface area contributed by atoms with E-state index in [0.717, 1.165) is 18.5 Å². The molecule has 1 aliphatic rings. The molecule has 3 rings (SSSR count). The van der Waals surface area contributed by atoms with Crippen LogP contribution in [0.2, 0.25) is 5.02 Å². The lowest BCUT2D eigenvalue weighted by Gasteiger charge is -2.27. The number of nitrogens with zero attached hydrogens (tertiary/aromatic N) is 1. The highest BCUT2D eigenvalue weighted by Crippen LogP contribution is 2.22. The van der Waals surface area contributed by atoms with Crippen LogP contribution in [0.15, 0.2) is 60.7 Å². The lowest BCUT2D eigenvalue weighted by atomic mass is 10.00. The summed E-state index contributed by atoms with van der Waals surface area (Å²) in [5.74, 6) is 0. The second-order valence-electron chi connectivity index (χ2n) is 5.54. The summed E-state index contributed by atoms with van der Waals surface area (Å²) in [7, 11) is 0. The maximum Gasteiger partial charge on any atom is 0.317 e. The van der Waals surface area contributed by atoms with Crippen LogP contribution in [0.5, 0.6) is 0 Å². The second-order valence-corrected chi connectivity index (χ2v) is 5.95. The number of urea groups is 1. The van der Waals surface area contributed by atoms with E-state index in [-0.39, 0.29) is 6.03 Å². The van der Waals surface area contributed by atoms with Crippen LogP contribution in [0.25, 0.3) is 5.57 Å². The first-order chi connectivity index (χ1) is 11.2. The van der Waals surface area contributed by atoms with Crippen LogP contribution in [-0.2, 0) is 6.54 Å². The van der Waals surface area contributed by atoms with E-state index in [0.29, 0.717) is 18.1 Å². The minimum Gasteiger partial charge on any atom is -0.334 e. The predicted molar refractivity (Wildman–Crippen MR) is 94.3 cm³/mol. The smallest absolute Gasteiger partial charge is 0.317 e. The Morgan fingerprint density at radius 1 is 1.09 bits per heavy atom. The van der Waals surface area contributed by atoms with E-state index in [1.54, 1.807) is 0 Å². The Morgan fingerprint density at radius 2 is 1.83 bits per heavy atom. The Morgan fingerprint density at radius 3 is 2.52 bits per heavy atom. The molecule has 3 nitrogen and oxygen atoms in total. The number of hydrogen-bond acceptors (Lipinski definition) is 1. The highest BCUT2D eigenvalue weighted by Gasteiger charge is 2.17. The zero-order valence-corrected chi connectivity index (χ0v) is 13.6. The number of hydrogen-bond donors (Lipinski definition) is 1. The maximum absolute atomic E-state index is 12.3. The van der Waals surface area contributed by atoms with E-state index >= 15 is 0 Å². The first-order valence-electron chi connectivity index (χ1n) is 7.74. The molecule has 0 saturated carbocycles. The van der Waals surface area contributed by atoms with Gasteiger partial charge in [-0.1, -0.05) is 66.2 Å². The molecule has 1 aliphatic heterocycles. The number of halogens is 1. The van der Waals surface area contributed by atoms with Gasteiger partial charge in [-0.3, -0.25) is 0 Å². The molecule has 118 valence electrons. The molecule has 2 aromatic carbocycles. The Kier molecular flexibility index (Phi) is 4.99. The Bertz CT molecular complexity index is 712. The highest BCUT2D eigenvalue weighted by molar-refractivity contribution is 6.31. The molecule has 0 atom stereocenters. The van der Waals surface area contributed by atoms with Crippen LogP contribution in [0.4, 0.5) is 4.79 Å². The van der Waals surface area contributed by atoms with Crippen LogP contribution in [0.3, 0.4) is 0 Å². The average molecular weight is 327 g/mol. The van der Waals surface area contributed by atoms with Crippen molar-refractivity contribution in [2.45, 2.75) is 13.0 Å². The van der Waals surface area contributed by atoms with Gasteiger partial charge in [-0.05, 0) is 29.2 Å². The van der Waals surface area contributed by atoms with Crippen molar-refractivity contribution in [2.75, 3.05) is 13.1 Å². The summed E-state index contributed by atoms with van der Waals surface area (Å²) in [5.41, 5.74) is 3.48. The summed E-state index contributed by atoms with van der Waals surface area (Å²) in [4.78, 5) is 14.1. The van der Waals surface area contributed by atoms with E-state index in [9.17, 15) is 4.79 Å². The van der Waals surface area contributed by atoms with Crippen molar-refractivity contribution in [3.8, 4) is 0 Å². The van der Waals surface area contributed by atoms with Crippen molar-refractivity contribution in [3.63, 3.8) is 0 Å². The molecule has 2 amide bonds. The number of nitrogens with one attached hydrogen (secondary N) is 1. The van der Waals surface area contributed by atoms with Gasteiger partial charge in [0.15, 0.2) is 0 Å². The summed E-state index contributed by atoms with van der Waals surface area (Å²) < 4.78 is 0. The molecule has 0 radical (unpaired) electrons. The summed E-state index contributed by atoms with van der Waals surface area (Å²) in [6.45, 7) is 1.82. The van der Waals surface area contributed by atoms with Gasteiger partial charge < -0.3 is 10.2 Å². The number of benzene rings is 2. The number of carbonyl (C=O) groups is 1. The molecule has 1 heterocycles. The van der Waals surface area contributed by atoms with Crippen molar-refractivity contribution in [1.29, 1.82) is 0 Å². The van der Waals surface area contributed by atoms with Gasteiger partial charge in [0, 0.05) is 24.7 Å². The van der Waals surface area contributed by atoms with Gasteiger partial charge in [-0.15, -0.1) is 0 Å². The summed E-state index contributed by atoms with van der Waals surface area (Å²) in [6.07, 6.45) is 3.01. The molecule has 0 unspecified atom stereocenters. The lowest BCUT2D eigenvalue weighted by molar-refractivity contribution is 0.202. The molecule has 2 aromatic rings. The predicted octanol–water partition coefficient (Wildman–Crippen LogP) is 4.34. The van der Waals surface area contributed by atoms with Crippen LogP contribution in [-0.4, -0.2) is 24.0 Å². The molecule has 0 aromatic heterocycles. The van der Waals surface area contributed by atoms with Gasteiger partial charge in [0.05, 0.1) is 0 Å². The molecular formula is C19H19ClN2O. The summed E-state index contributed by atoms with van der Waals surface area (Å²) >= 11 is 6.11. The third-order valence-electron chi connectivity index (χ3n) is 4.03. The Labute approximate surface area is 141 Å². The molecule has 23 heavy (non-hydrogen) atoms. The minimum atomic E-state index is -0.0479. The standard InChI is InChI=1S/C19H19ClN2O/c20-18-9-5-4-8-17(18)14-21-19(23)22-12-10-16(11-13-22)15-6-2-1-3-7-15/h1-10H,11-14H2,(H,21,23). The minimum absolute atomic E-state index is 0.0479. The van der Waals surface area contributed by atoms with Crippen LogP contribution < -0.4 is 5.32 Å². The molecule has 4 heteroatoms. The van der Waals surface area contributed by atoms with Crippen molar-refractivity contribution in [3.05, 3.63) is 76.8 Å². The van der Waals surface area contributed by atoms with E-state index in [2.05, 4.69) is 23.5 Å². The molecular weight excluding hydrogens is 308 g/mol. The summed E-state index contributed by atoms with van der Waals surface area (Å²) in [5, 5.41) is 3.62. The van der Waals surface area contributed by atoms with Crippen molar-refractivity contribution >= 4 is 23.2 Å². The largest absolute Gasteiger partial charge is 0.334 e. The molecule has 0 bridgehead atoms. The van der Waals surface area contributed by atoms with Crippen LogP contribution in [0, 0.1) is 0 Å². The monoisotopic (exact) mass is 326 g/mol. The third-order valence-corrected chi connectivity index (χ3v) is 4.40. The van der Waals surface area contributed by atoms with Crippen LogP contribution in [0.1, 0.15) is 17.5 Å². The summed E-state index contributed by atoms with van der Waals surface area (Å²) in [6, 6.07) is 17.8. The fourth-order valence-corrected chi connectivity index (χ4v) is 2.89. The fourth-order valence-electron chi connectivity index (χ4n) is 2.69. The SMILES string of the molecule is O=C(NCc1ccccc1Cl)N1CC=C(c2ccccc2)CC1. The van der Waals surface area contributed by atoms with Gasteiger partial charge in [0.25, 0.3) is 0 Å². The zero-order valence-electron chi connectivity index (χ0n) is 12.8. The quantitative estimate of drug-likeness (QED) is 0.894. The van der Waals surface area contributed by atoms with Gasteiger partial charge in [-0.2, -0.15) is 0 Å². The number of amides is 2. The normalized spacial score (nSPS) is 14.3. The highest BCUT2D eigenvalue weighted by atomic mass is 35.5. The number of carbonyl (C=O) groups excluding carboxylic acids is 1. The van der Waals surface area contributed by atoms with Crippen molar-refractivity contribution in [1.82, 2.24) is 10.2 Å². The molecule has 0 fully saturated rings. The maximum atomic E-state index is 12.3. The van der Waals surface area contributed by atoms with Crippen LogP contribution >= 0.6 is 11.6 Å². The number of rotatable bonds is 3. The molecule has 1 N–H and O–H groups in total. The van der Waals surface area contributed by atoms with Crippen molar-refractivity contribution in [2.24, 2.45) is 0 Å². The molecule has 0 saturated heterocycles. The van der Waals surface area contributed by atoms with Gasteiger partial charge in [0.2, 0.25) is 0 Å². The second kappa shape index (κ2) is 7.34. The van der Waals surface area contributed by atoms with E-state index in [4.69, 9.17) is 11.6 Å². The van der Waals surface area contributed by atoms with Crippen molar-refractivity contribution < 1.29 is 4.79 Å². The fraction of sp³-hybridized carbons (Fsp3) is 0.211. The lowest BCUT2D eigenvalue weighted by Crippen LogP contribution is -2.41. The Balaban J connectivity index is 1.56. The van der Waals surface area contributed by atoms with Gasteiger partial charge in [0.1, 0.15) is 0 Å². The zero-order chi connectivity index (χ0) is 16.1. The van der Waals surface area contributed by atoms with E-state index < -0.39 is 0 Å². The molecule has 0 spiro atoms. The van der Waals surface area contributed by atoms with Gasteiger partial charge in [-0.25, -0.2) is 4.79 Å². The van der Waals surface area contributed by atoms with E-state index in [1.165, 1.54) is 11.1 Å². The third kappa shape index (κ3) is 3.93. The average Bonchev–Trinajstić information content (AvgIpc) is 2.62. The molecule has 0 aliphatic carbocycles. The topological polar surface area (TPSA) is 32.3 Å². The first-order valence-corrected chi connectivity index (χ1v) is 8.12. The Hall–Kier alpha value is -2.26.